The Morgan fingerprint density at radius 3 is 2.64 bits per heavy atom. The molecule has 9 nitrogen and oxygen atoms in total. The maximum atomic E-state index is 13.9. The number of nitro groups is 1. The minimum atomic E-state index is -1.01. The summed E-state index contributed by atoms with van der Waals surface area (Å²) in [7, 11) is 0. The number of carboxylic acids is 1. The average molecular weight is 576 g/mol. The summed E-state index contributed by atoms with van der Waals surface area (Å²) in [6.45, 7) is 0. The van der Waals surface area contributed by atoms with Crippen molar-refractivity contribution in [3.8, 4) is 11.3 Å². The SMILES string of the molecule is O=C(O)c1ccc(-c2ccc(/C=c3/sc4n(c3=O)[C@H](c3cccc([N+](=O)[O-])c3)C3=C(N=4)c4ccccc4CC3)o2)cc1. The van der Waals surface area contributed by atoms with Crippen molar-refractivity contribution in [1.29, 1.82) is 0 Å². The van der Waals surface area contributed by atoms with Gasteiger partial charge in [-0.05, 0) is 53.8 Å². The molecule has 2 aliphatic rings. The van der Waals surface area contributed by atoms with Crippen molar-refractivity contribution in [2.24, 2.45) is 4.99 Å². The van der Waals surface area contributed by atoms with Gasteiger partial charge >= 0.3 is 5.97 Å². The number of furan rings is 1. The van der Waals surface area contributed by atoms with Crippen LogP contribution in [0.25, 0.3) is 23.1 Å². The molecule has 1 atom stereocenters. The zero-order valence-corrected chi connectivity index (χ0v) is 22.7. The van der Waals surface area contributed by atoms with E-state index in [1.165, 1.54) is 41.2 Å². The Morgan fingerprint density at radius 1 is 1.05 bits per heavy atom. The normalized spacial score (nSPS) is 15.9. The number of benzene rings is 3. The van der Waals surface area contributed by atoms with Crippen LogP contribution in [-0.4, -0.2) is 20.6 Å². The Morgan fingerprint density at radius 2 is 1.86 bits per heavy atom. The van der Waals surface area contributed by atoms with Gasteiger partial charge in [0.15, 0.2) is 4.80 Å². The van der Waals surface area contributed by atoms with Gasteiger partial charge < -0.3 is 9.52 Å². The fraction of sp³-hybridized carbons (Fsp3) is 0.0938. The number of thiazole rings is 1. The summed E-state index contributed by atoms with van der Waals surface area (Å²) in [6.07, 6.45) is 3.12. The molecule has 7 rings (SSSR count). The van der Waals surface area contributed by atoms with Crippen LogP contribution in [-0.2, 0) is 6.42 Å². The zero-order valence-electron chi connectivity index (χ0n) is 21.9. The van der Waals surface area contributed by atoms with Gasteiger partial charge in [-0.1, -0.05) is 59.9 Å². The van der Waals surface area contributed by atoms with Crippen molar-refractivity contribution in [2.45, 2.75) is 18.9 Å². The highest BCUT2D eigenvalue weighted by Crippen LogP contribution is 2.41. The number of nitrogens with zero attached hydrogens (tertiary/aromatic N) is 3. The lowest BCUT2D eigenvalue weighted by Gasteiger charge is -2.30. The molecule has 1 aliphatic heterocycles. The zero-order chi connectivity index (χ0) is 29.0. The van der Waals surface area contributed by atoms with E-state index in [-0.39, 0.29) is 16.8 Å². The van der Waals surface area contributed by atoms with Gasteiger partial charge in [-0.15, -0.1) is 0 Å². The van der Waals surface area contributed by atoms with Crippen LogP contribution in [0.4, 0.5) is 5.69 Å². The van der Waals surface area contributed by atoms with E-state index in [0.29, 0.717) is 38.4 Å². The van der Waals surface area contributed by atoms with E-state index in [0.717, 1.165) is 23.3 Å². The molecule has 1 aliphatic carbocycles. The fourth-order valence-corrected chi connectivity index (χ4v) is 6.60. The number of rotatable bonds is 5. The number of fused-ring (bicyclic) bond motifs is 3. The molecule has 0 unspecified atom stereocenters. The molecule has 3 heterocycles. The van der Waals surface area contributed by atoms with Crippen molar-refractivity contribution in [1.82, 2.24) is 4.57 Å². The first-order chi connectivity index (χ1) is 20.4. The van der Waals surface area contributed by atoms with Crippen LogP contribution >= 0.6 is 11.3 Å². The number of carbonyl (C=O) groups is 1. The lowest BCUT2D eigenvalue weighted by atomic mass is 9.83. The van der Waals surface area contributed by atoms with Crippen LogP contribution in [0, 0.1) is 10.1 Å². The van der Waals surface area contributed by atoms with Crippen molar-refractivity contribution in [2.75, 3.05) is 0 Å². The molecule has 0 spiro atoms. The maximum Gasteiger partial charge on any atom is 0.335 e. The van der Waals surface area contributed by atoms with E-state index in [9.17, 15) is 19.7 Å². The summed E-state index contributed by atoms with van der Waals surface area (Å²) < 4.78 is 8.05. The van der Waals surface area contributed by atoms with Gasteiger partial charge in [-0.25, -0.2) is 9.79 Å². The lowest BCUT2D eigenvalue weighted by Crippen LogP contribution is -2.38. The number of aromatic carboxylic acids is 1. The number of carboxylic acid groups (broad SMARTS) is 1. The molecule has 0 radical (unpaired) electrons. The fourth-order valence-electron chi connectivity index (χ4n) is 5.62. The van der Waals surface area contributed by atoms with Gasteiger partial charge in [0, 0.05) is 29.3 Å². The second kappa shape index (κ2) is 9.93. The molecule has 0 bridgehead atoms. The number of aromatic nitrogens is 1. The molecular weight excluding hydrogens is 554 g/mol. The van der Waals surface area contributed by atoms with E-state index >= 15 is 0 Å². The lowest BCUT2D eigenvalue weighted by molar-refractivity contribution is -0.384. The second-order valence-electron chi connectivity index (χ2n) is 10.1. The van der Waals surface area contributed by atoms with Gasteiger partial charge in [0.1, 0.15) is 11.5 Å². The van der Waals surface area contributed by atoms with Crippen LogP contribution in [0.2, 0.25) is 0 Å². The number of nitro benzene ring substituents is 1. The number of non-ortho nitro benzene ring substituents is 1. The standard InChI is InChI=1S/C32H21N3O6S/c36-30-27(17-23-13-15-26(41-23)19-8-10-20(11-9-19)31(37)38)42-32-33-28-24-7-2-1-4-18(24)12-14-25(28)29(34(30)32)21-5-3-6-22(16-21)35(39)40/h1-11,13,15-17,29H,12,14H2,(H,37,38)/b27-17+/t29-/m1/s1. The van der Waals surface area contributed by atoms with Crippen molar-refractivity contribution >= 4 is 34.8 Å². The highest BCUT2D eigenvalue weighted by atomic mass is 32.1. The Hall–Kier alpha value is -5.35. The van der Waals surface area contributed by atoms with E-state index in [4.69, 9.17) is 14.5 Å². The minimum absolute atomic E-state index is 0.0375. The Balaban J connectivity index is 1.37. The third-order valence-electron chi connectivity index (χ3n) is 7.59. The van der Waals surface area contributed by atoms with Crippen LogP contribution in [0.5, 0.6) is 0 Å². The van der Waals surface area contributed by atoms with E-state index in [2.05, 4.69) is 6.07 Å². The van der Waals surface area contributed by atoms with E-state index in [1.807, 2.05) is 24.3 Å². The number of aryl methyl sites for hydroxylation is 1. The molecule has 42 heavy (non-hydrogen) atoms. The molecule has 10 heteroatoms. The largest absolute Gasteiger partial charge is 0.478 e. The van der Waals surface area contributed by atoms with E-state index < -0.39 is 16.9 Å². The van der Waals surface area contributed by atoms with Gasteiger partial charge in [-0.3, -0.25) is 19.5 Å². The molecule has 206 valence electrons. The Kier molecular flexibility index (Phi) is 6.05. The average Bonchev–Trinajstić information content (AvgIpc) is 3.60. The molecule has 3 aromatic carbocycles. The summed E-state index contributed by atoms with van der Waals surface area (Å²) in [5.74, 6) is -0.0169. The predicted octanol–water partition coefficient (Wildman–Crippen LogP) is 5.19. The van der Waals surface area contributed by atoms with Gasteiger partial charge in [-0.2, -0.15) is 0 Å². The number of hydrogen-bond donors (Lipinski definition) is 1. The van der Waals surface area contributed by atoms with Crippen molar-refractivity contribution < 1.29 is 19.2 Å². The first kappa shape index (κ1) is 25.6. The first-order valence-corrected chi connectivity index (χ1v) is 14.0. The number of allylic oxidation sites excluding steroid dienone is 1. The maximum absolute atomic E-state index is 13.9. The summed E-state index contributed by atoms with van der Waals surface area (Å²) in [4.78, 5) is 41.8. The molecule has 0 saturated carbocycles. The molecule has 0 fully saturated rings. The molecule has 0 amide bonds. The van der Waals surface area contributed by atoms with Crippen molar-refractivity contribution in [3.63, 3.8) is 0 Å². The highest BCUT2D eigenvalue weighted by molar-refractivity contribution is 7.07. The van der Waals surface area contributed by atoms with Gasteiger partial charge in [0.2, 0.25) is 0 Å². The quantitative estimate of drug-likeness (QED) is 0.227. The highest BCUT2D eigenvalue weighted by Gasteiger charge is 2.33. The van der Waals surface area contributed by atoms with Gasteiger partial charge in [0.05, 0.1) is 26.8 Å². The summed E-state index contributed by atoms with van der Waals surface area (Å²) >= 11 is 1.24. The molecule has 1 N–H and O–H groups in total. The van der Waals surface area contributed by atoms with Crippen LogP contribution in [0.1, 0.15) is 45.3 Å². The second-order valence-corrected chi connectivity index (χ2v) is 11.1. The van der Waals surface area contributed by atoms with Crippen molar-refractivity contribution in [3.05, 3.63) is 148 Å². The summed E-state index contributed by atoms with van der Waals surface area (Å²) in [5, 5.41) is 20.8. The van der Waals surface area contributed by atoms with Gasteiger partial charge in [0.25, 0.3) is 11.2 Å². The van der Waals surface area contributed by atoms with Crippen LogP contribution in [0.3, 0.4) is 0 Å². The Bertz CT molecular complexity index is 2140. The first-order valence-electron chi connectivity index (χ1n) is 13.2. The van der Waals surface area contributed by atoms with Crippen LogP contribution in [0.15, 0.2) is 105 Å². The monoisotopic (exact) mass is 575 g/mol. The third-order valence-corrected chi connectivity index (χ3v) is 8.57. The summed E-state index contributed by atoms with van der Waals surface area (Å²) in [5.41, 5.74) is 5.20. The molecule has 5 aromatic rings. The summed E-state index contributed by atoms with van der Waals surface area (Å²) in [6, 6.07) is 23.8. The van der Waals surface area contributed by atoms with E-state index in [1.54, 1.807) is 41.0 Å². The molecule has 2 aromatic heterocycles. The predicted molar refractivity (Wildman–Crippen MR) is 157 cm³/mol. The third kappa shape index (κ3) is 4.29. The topological polar surface area (TPSA) is 128 Å². The molecule has 0 saturated heterocycles. The minimum Gasteiger partial charge on any atom is -0.478 e. The molecular formula is C32H21N3O6S. The van der Waals surface area contributed by atoms with Crippen LogP contribution < -0.4 is 14.9 Å². The number of hydrogen-bond acceptors (Lipinski definition) is 7. The Labute approximate surface area is 241 Å². The smallest absolute Gasteiger partial charge is 0.335 e.